The van der Waals surface area contributed by atoms with Crippen LogP contribution in [0, 0.1) is 11.3 Å². The van der Waals surface area contributed by atoms with Crippen molar-refractivity contribution < 1.29 is 19.8 Å². The summed E-state index contributed by atoms with van der Waals surface area (Å²) in [6.07, 6.45) is 3.46. The van der Waals surface area contributed by atoms with E-state index >= 15 is 0 Å². The molecule has 4 heteroatoms. The first kappa shape index (κ1) is 11.0. The molecule has 1 aliphatic carbocycles. The van der Waals surface area contributed by atoms with Crippen LogP contribution in [0.5, 0.6) is 0 Å². The van der Waals surface area contributed by atoms with Crippen molar-refractivity contribution in [2.75, 3.05) is 0 Å². The van der Waals surface area contributed by atoms with Crippen LogP contribution >= 0.6 is 0 Å². The molecule has 0 heterocycles. The quantitative estimate of drug-likeness (QED) is 0.724. The van der Waals surface area contributed by atoms with Crippen LogP contribution in [-0.4, -0.2) is 22.2 Å². The molecule has 1 atom stereocenters. The van der Waals surface area contributed by atoms with Gasteiger partial charge in [0.2, 0.25) is 0 Å². The standard InChI is InChI=1S/C10H16O4/c1-10(9(13)14,6-8(11)12)7-4-2-3-5-7/h7H,2-6H2,1H3,(H,11,12)(H,13,14). The van der Waals surface area contributed by atoms with Gasteiger partial charge in [0.25, 0.3) is 0 Å². The summed E-state index contributed by atoms with van der Waals surface area (Å²) >= 11 is 0. The Bertz CT molecular complexity index is 243. The highest BCUT2D eigenvalue weighted by molar-refractivity contribution is 5.81. The van der Waals surface area contributed by atoms with Gasteiger partial charge in [-0.15, -0.1) is 0 Å². The molecule has 0 aromatic carbocycles. The summed E-state index contributed by atoms with van der Waals surface area (Å²) in [6, 6.07) is 0. The minimum atomic E-state index is -1.08. The SMILES string of the molecule is CC(CC(=O)O)(C(=O)O)C1CCCC1. The van der Waals surface area contributed by atoms with E-state index in [1.54, 1.807) is 6.92 Å². The maximum atomic E-state index is 11.1. The molecule has 1 aliphatic rings. The number of carbonyl (C=O) groups is 2. The molecule has 2 N–H and O–H groups in total. The molecule has 0 aromatic heterocycles. The molecule has 1 unspecified atom stereocenters. The molecule has 0 amide bonds. The second kappa shape index (κ2) is 3.98. The van der Waals surface area contributed by atoms with Gasteiger partial charge in [0.15, 0.2) is 0 Å². The summed E-state index contributed by atoms with van der Waals surface area (Å²) in [5.41, 5.74) is -1.08. The van der Waals surface area contributed by atoms with Gasteiger partial charge in [-0.05, 0) is 25.7 Å². The highest BCUT2D eigenvalue weighted by Gasteiger charge is 2.44. The lowest BCUT2D eigenvalue weighted by Crippen LogP contribution is -2.36. The average Bonchev–Trinajstić information content (AvgIpc) is 2.53. The van der Waals surface area contributed by atoms with E-state index in [-0.39, 0.29) is 12.3 Å². The van der Waals surface area contributed by atoms with Gasteiger partial charge in [0.05, 0.1) is 11.8 Å². The van der Waals surface area contributed by atoms with Crippen molar-refractivity contribution in [3.63, 3.8) is 0 Å². The molecule has 1 fully saturated rings. The first-order chi connectivity index (χ1) is 6.47. The summed E-state index contributed by atoms with van der Waals surface area (Å²) in [5.74, 6) is -1.98. The molecule has 0 radical (unpaired) electrons. The zero-order valence-corrected chi connectivity index (χ0v) is 8.32. The third-order valence-electron chi connectivity index (χ3n) is 3.26. The summed E-state index contributed by atoms with van der Waals surface area (Å²) < 4.78 is 0. The Balaban J connectivity index is 2.79. The maximum Gasteiger partial charge on any atom is 0.310 e. The van der Waals surface area contributed by atoms with Crippen molar-refractivity contribution in [2.45, 2.75) is 39.0 Å². The van der Waals surface area contributed by atoms with E-state index in [9.17, 15) is 9.59 Å². The number of hydrogen-bond acceptors (Lipinski definition) is 2. The third kappa shape index (κ3) is 2.05. The number of carboxylic acid groups (broad SMARTS) is 2. The van der Waals surface area contributed by atoms with Crippen molar-refractivity contribution in [2.24, 2.45) is 11.3 Å². The number of aliphatic carboxylic acids is 2. The van der Waals surface area contributed by atoms with Crippen molar-refractivity contribution in [3.05, 3.63) is 0 Å². The van der Waals surface area contributed by atoms with Crippen LogP contribution in [0.25, 0.3) is 0 Å². The van der Waals surface area contributed by atoms with Gasteiger partial charge < -0.3 is 10.2 Å². The van der Waals surface area contributed by atoms with Gasteiger partial charge in [0, 0.05) is 0 Å². The largest absolute Gasteiger partial charge is 0.481 e. The molecule has 0 saturated heterocycles. The Morgan fingerprint density at radius 1 is 1.29 bits per heavy atom. The van der Waals surface area contributed by atoms with Crippen LogP contribution in [0.3, 0.4) is 0 Å². The van der Waals surface area contributed by atoms with Gasteiger partial charge in [-0.3, -0.25) is 9.59 Å². The van der Waals surface area contributed by atoms with E-state index < -0.39 is 17.4 Å². The number of carboxylic acids is 2. The lowest BCUT2D eigenvalue weighted by atomic mass is 9.73. The van der Waals surface area contributed by atoms with Gasteiger partial charge in [0.1, 0.15) is 0 Å². The van der Waals surface area contributed by atoms with E-state index in [4.69, 9.17) is 10.2 Å². The normalized spacial score (nSPS) is 21.8. The molecule has 1 rings (SSSR count). The van der Waals surface area contributed by atoms with E-state index in [2.05, 4.69) is 0 Å². The molecule has 0 spiro atoms. The molecule has 1 saturated carbocycles. The van der Waals surface area contributed by atoms with Gasteiger partial charge in [-0.1, -0.05) is 12.8 Å². The Kier molecular flexibility index (Phi) is 3.13. The van der Waals surface area contributed by atoms with Crippen molar-refractivity contribution in [3.8, 4) is 0 Å². The van der Waals surface area contributed by atoms with Gasteiger partial charge >= 0.3 is 11.9 Å². The second-order valence-electron chi connectivity index (χ2n) is 4.27. The molecular weight excluding hydrogens is 184 g/mol. The summed E-state index contributed by atoms with van der Waals surface area (Å²) in [5, 5.41) is 17.8. The first-order valence-electron chi connectivity index (χ1n) is 4.92. The zero-order valence-electron chi connectivity index (χ0n) is 8.32. The highest BCUT2D eigenvalue weighted by Crippen LogP contribution is 2.42. The van der Waals surface area contributed by atoms with E-state index in [0.29, 0.717) is 0 Å². The van der Waals surface area contributed by atoms with E-state index in [1.807, 2.05) is 0 Å². The summed E-state index contributed by atoms with van der Waals surface area (Å²) in [7, 11) is 0. The lowest BCUT2D eigenvalue weighted by molar-refractivity contribution is -0.158. The second-order valence-corrected chi connectivity index (χ2v) is 4.27. The fourth-order valence-corrected chi connectivity index (χ4v) is 2.27. The molecule has 0 aliphatic heterocycles. The van der Waals surface area contributed by atoms with Crippen LogP contribution in [-0.2, 0) is 9.59 Å². The van der Waals surface area contributed by atoms with Crippen molar-refractivity contribution in [1.29, 1.82) is 0 Å². The van der Waals surface area contributed by atoms with Gasteiger partial charge in [-0.25, -0.2) is 0 Å². The Morgan fingerprint density at radius 3 is 2.14 bits per heavy atom. The van der Waals surface area contributed by atoms with Crippen LogP contribution < -0.4 is 0 Å². The predicted octanol–water partition coefficient (Wildman–Crippen LogP) is 1.74. The van der Waals surface area contributed by atoms with Crippen LogP contribution in [0.2, 0.25) is 0 Å². The van der Waals surface area contributed by atoms with Gasteiger partial charge in [-0.2, -0.15) is 0 Å². The average molecular weight is 200 g/mol. The first-order valence-corrected chi connectivity index (χ1v) is 4.92. The monoisotopic (exact) mass is 200 g/mol. The molecule has 80 valence electrons. The van der Waals surface area contributed by atoms with Crippen LogP contribution in [0.15, 0.2) is 0 Å². The maximum absolute atomic E-state index is 11.1. The smallest absolute Gasteiger partial charge is 0.310 e. The van der Waals surface area contributed by atoms with Crippen LogP contribution in [0.1, 0.15) is 39.0 Å². The lowest BCUT2D eigenvalue weighted by Gasteiger charge is -2.29. The van der Waals surface area contributed by atoms with Crippen molar-refractivity contribution in [1.82, 2.24) is 0 Å². The fourth-order valence-electron chi connectivity index (χ4n) is 2.27. The molecule has 0 aromatic rings. The Labute approximate surface area is 82.9 Å². The summed E-state index contributed by atoms with van der Waals surface area (Å²) in [4.78, 5) is 21.7. The molecule has 0 bridgehead atoms. The highest BCUT2D eigenvalue weighted by atomic mass is 16.4. The molecule has 14 heavy (non-hydrogen) atoms. The Morgan fingerprint density at radius 2 is 1.79 bits per heavy atom. The predicted molar refractivity (Wildman–Crippen MR) is 50.0 cm³/mol. The van der Waals surface area contributed by atoms with E-state index in [1.165, 1.54) is 0 Å². The zero-order chi connectivity index (χ0) is 10.8. The topological polar surface area (TPSA) is 74.6 Å². The molecular formula is C10H16O4. The van der Waals surface area contributed by atoms with Crippen LogP contribution in [0.4, 0.5) is 0 Å². The summed E-state index contributed by atoms with van der Waals surface area (Å²) in [6.45, 7) is 1.56. The number of hydrogen-bond donors (Lipinski definition) is 2. The van der Waals surface area contributed by atoms with Crippen molar-refractivity contribution >= 4 is 11.9 Å². The minimum absolute atomic E-state index is 0.0242. The van der Waals surface area contributed by atoms with E-state index in [0.717, 1.165) is 25.7 Å². The Hall–Kier alpha value is -1.06. The number of rotatable bonds is 4. The molecule has 4 nitrogen and oxygen atoms in total. The minimum Gasteiger partial charge on any atom is -0.481 e. The third-order valence-corrected chi connectivity index (χ3v) is 3.26. The fraction of sp³-hybridized carbons (Fsp3) is 0.800.